The standard InChI is InChI=1S/C20H15ClN4O2S/c21-16-4-2-1-3-15(16)19(27)22-11-18(26)23-14-7-5-13(6-8-14)17-12-25-9-10-28-20(25)24-17/h1-10,12H,11H2,(H,22,27)(H,23,26). The topological polar surface area (TPSA) is 75.5 Å². The number of fused-ring (bicyclic) bond motifs is 1. The van der Waals surface area contributed by atoms with Gasteiger partial charge < -0.3 is 10.6 Å². The minimum atomic E-state index is -0.393. The van der Waals surface area contributed by atoms with Gasteiger partial charge in [0.25, 0.3) is 5.91 Å². The van der Waals surface area contributed by atoms with E-state index in [1.165, 1.54) is 0 Å². The highest BCUT2D eigenvalue weighted by Crippen LogP contribution is 2.23. The third kappa shape index (κ3) is 3.90. The summed E-state index contributed by atoms with van der Waals surface area (Å²) in [6, 6.07) is 14.1. The molecule has 0 atom stereocenters. The summed E-state index contributed by atoms with van der Waals surface area (Å²) < 4.78 is 1.97. The first-order chi connectivity index (χ1) is 13.6. The maximum Gasteiger partial charge on any atom is 0.253 e. The summed E-state index contributed by atoms with van der Waals surface area (Å²) in [6.07, 6.45) is 3.92. The predicted octanol–water partition coefficient (Wildman–Crippen LogP) is 4.08. The number of hydrogen-bond acceptors (Lipinski definition) is 4. The molecular weight excluding hydrogens is 396 g/mol. The number of rotatable bonds is 5. The minimum absolute atomic E-state index is 0.150. The van der Waals surface area contributed by atoms with Crippen molar-refractivity contribution in [3.8, 4) is 11.3 Å². The fourth-order valence-electron chi connectivity index (χ4n) is 2.70. The van der Waals surface area contributed by atoms with E-state index in [1.54, 1.807) is 47.7 Å². The molecule has 2 amide bonds. The maximum absolute atomic E-state index is 12.1. The number of benzene rings is 2. The van der Waals surface area contributed by atoms with E-state index in [0.29, 0.717) is 16.3 Å². The number of hydrogen-bond donors (Lipinski definition) is 2. The minimum Gasteiger partial charge on any atom is -0.343 e. The van der Waals surface area contributed by atoms with Gasteiger partial charge in [0.05, 0.1) is 22.8 Å². The van der Waals surface area contributed by atoms with E-state index >= 15 is 0 Å². The lowest BCUT2D eigenvalue weighted by atomic mass is 10.1. The first kappa shape index (κ1) is 18.2. The molecule has 0 aliphatic carbocycles. The molecule has 0 radical (unpaired) electrons. The Kier molecular flexibility index (Phi) is 5.10. The number of nitrogens with zero attached hydrogens (tertiary/aromatic N) is 2. The monoisotopic (exact) mass is 410 g/mol. The second kappa shape index (κ2) is 7.84. The Morgan fingerprint density at radius 3 is 2.64 bits per heavy atom. The molecule has 0 unspecified atom stereocenters. The van der Waals surface area contributed by atoms with Gasteiger partial charge in [0.15, 0.2) is 4.96 Å². The predicted molar refractivity (Wildman–Crippen MR) is 111 cm³/mol. The molecule has 0 fully saturated rings. The Morgan fingerprint density at radius 2 is 1.89 bits per heavy atom. The van der Waals surface area contributed by atoms with E-state index in [4.69, 9.17) is 11.6 Å². The van der Waals surface area contributed by atoms with Crippen LogP contribution in [0.3, 0.4) is 0 Å². The van der Waals surface area contributed by atoms with E-state index < -0.39 is 5.91 Å². The van der Waals surface area contributed by atoms with Crippen LogP contribution in [0.5, 0.6) is 0 Å². The molecule has 0 aliphatic rings. The number of halogens is 1. The molecule has 2 aromatic carbocycles. The van der Waals surface area contributed by atoms with Gasteiger partial charge in [-0.3, -0.25) is 14.0 Å². The molecule has 28 heavy (non-hydrogen) atoms. The summed E-state index contributed by atoms with van der Waals surface area (Å²) in [6.45, 7) is -0.150. The zero-order valence-electron chi connectivity index (χ0n) is 14.6. The largest absolute Gasteiger partial charge is 0.343 e. The molecule has 8 heteroatoms. The van der Waals surface area contributed by atoms with Crippen molar-refractivity contribution >= 4 is 45.4 Å². The molecule has 6 nitrogen and oxygen atoms in total. The van der Waals surface area contributed by atoms with E-state index in [9.17, 15) is 9.59 Å². The van der Waals surface area contributed by atoms with Gasteiger partial charge in [0.2, 0.25) is 5.91 Å². The molecule has 2 N–H and O–H groups in total. The van der Waals surface area contributed by atoms with Crippen molar-refractivity contribution in [1.29, 1.82) is 0 Å². The number of carbonyl (C=O) groups is 2. The van der Waals surface area contributed by atoms with Crippen LogP contribution in [0, 0.1) is 0 Å². The van der Waals surface area contributed by atoms with E-state index in [-0.39, 0.29) is 12.5 Å². The highest BCUT2D eigenvalue weighted by atomic mass is 35.5. The van der Waals surface area contributed by atoms with Crippen LogP contribution in [-0.4, -0.2) is 27.7 Å². The van der Waals surface area contributed by atoms with Gasteiger partial charge in [-0.1, -0.05) is 35.9 Å². The summed E-state index contributed by atoms with van der Waals surface area (Å²) in [5.74, 6) is -0.716. The van der Waals surface area contributed by atoms with Gasteiger partial charge in [0.1, 0.15) is 0 Å². The van der Waals surface area contributed by atoms with E-state index in [2.05, 4.69) is 15.6 Å². The normalized spacial score (nSPS) is 10.8. The number of thiazole rings is 1. The van der Waals surface area contributed by atoms with Crippen LogP contribution >= 0.6 is 22.9 Å². The highest BCUT2D eigenvalue weighted by Gasteiger charge is 2.11. The first-order valence-corrected chi connectivity index (χ1v) is 9.71. The Hall–Kier alpha value is -3.16. The Labute approximate surface area is 169 Å². The molecule has 0 bridgehead atoms. The third-order valence-electron chi connectivity index (χ3n) is 4.09. The van der Waals surface area contributed by atoms with Crippen molar-refractivity contribution in [2.24, 2.45) is 0 Å². The van der Waals surface area contributed by atoms with Crippen molar-refractivity contribution in [1.82, 2.24) is 14.7 Å². The molecule has 0 saturated carbocycles. The number of nitrogens with one attached hydrogen (secondary N) is 2. The zero-order valence-corrected chi connectivity index (χ0v) is 16.1. The molecule has 0 aliphatic heterocycles. The van der Waals surface area contributed by atoms with Gasteiger partial charge in [0, 0.05) is 29.0 Å². The molecule has 2 heterocycles. The van der Waals surface area contributed by atoms with Crippen LogP contribution in [0.4, 0.5) is 5.69 Å². The molecule has 4 rings (SSSR count). The average Bonchev–Trinajstić information content (AvgIpc) is 3.29. The summed E-state index contributed by atoms with van der Waals surface area (Å²) in [4.78, 5) is 29.7. The average molecular weight is 411 g/mol. The Morgan fingerprint density at radius 1 is 1.11 bits per heavy atom. The molecule has 2 aromatic heterocycles. The van der Waals surface area contributed by atoms with Crippen LogP contribution in [0.15, 0.2) is 66.3 Å². The van der Waals surface area contributed by atoms with Crippen molar-refractivity contribution in [3.63, 3.8) is 0 Å². The Bertz CT molecular complexity index is 1120. The number of imidazole rings is 1. The molecule has 0 saturated heterocycles. The van der Waals surface area contributed by atoms with Gasteiger partial charge in [-0.05, 0) is 24.3 Å². The second-order valence-electron chi connectivity index (χ2n) is 6.01. The van der Waals surface area contributed by atoms with Crippen LogP contribution < -0.4 is 10.6 Å². The lowest BCUT2D eigenvalue weighted by Gasteiger charge is -2.08. The lowest BCUT2D eigenvalue weighted by molar-refractivity contribution is -0.115. The van der Waals surface area contributed by atoms with Gasteiger partial charge in [-0.25, -0.2) is 4.98 Å². The first-order valence-electron chi connectivity index (χ1n) is 8.45. The smallest absolute Gasteiger partial charge is 0.253 e. The fourth-order valence-corrected chi connectivity index (χ4v) is 3.62. The zero-order chi connectivity index (χ0) is 19.5. The fraction of sp³-hybridized carbons (Fsp3) is 0.0500. The summed E-state index contributed by atoms with van der Waals surface area (Å²) in [5, 5.41) is 7.64. The summed E-state index contributed by atoms with van der Waals surface area (Å²) in [7, 11) is 0. The molecular formula is C20H15ClN4O2S. The number of carbonyl (C=O) groups excluding carboxylic acids is 2. The number of anilines is 1. The third-order valence-corrected chi connectivity index (χ3v) is 5.19. The summed E-state index contributed by atoms with van der Waals surface area (Å²) >= 11 is 7.55. The molecule has 140 valence electrons. The highest BCUT2D eigenvalue weighted by molar-refractivity contribution is 7.15. The Balaban J connectivity index is 1.35. The van der Waals surface area contributed by atoms with Crippen LogP contribution in [0.2, 0.25) is 5.02 Å². The number of aromatic nitrogens is 2. The quantitative estimate of drug-likeness (QED) is 0.520. The number of amides is 2. The van der Waals surface area contributed by atoms with E-state index in [1.807, 2.05) is 34.3 Å². The van der Waals surface area contributed by atoms with Crippen LogP contribution in [0.25, 0.3) is 16.2 Å². The van der Waals surface area contributed by atoms with Gasteiger partial charge in [-0.15, -0.1) is 11.3 Å². The lowest BCUT2D eigenvalue weighted by Crippen LogP contribution is -2.32. The van der Waals surface area contributed by atoms with Crippen molar-refractivity contribution in [2.75, 3.05) is 11.9 Å². The van der Waals surface area contributed by atoms with Crippen molar-refractivity contribution in [3.05, 3.63) is 76.9 Å². The van der Waals surface area contributed by atoms with E-state index in [0.717, 1.165) is 16.2 Å². The van der Waals surface area contributed by atoms with Gasteiger partial charge >= 0.3 is 0 Å². The molecule has 4 aromatic rings. The van der Waals surface area contributed by atoms with Gasteiger partial charge in [-0.2, -0.15) is 0 Å². The van der Waals surface area contributed by atoms with Crippen LogP contribution in [0.1, 0.15) is 10.4 Å². The molecule has 0 spiro atoms. The second-order valence-corrected chi connectivity index (χ2v) is 7.29. The maximum atomic E-state index is 12.1. The van der Waals surface area contributed by atoms with Crippen LogP contribution in [-0.2, 0) is 4.79 Å². The summed E-state index contributed by atoms with van der Waals surface area (Å²) in [5.41, 5.74) is 2.81. The van der Waals surface area contributed by atoms with Crippen molar-refractivity contribution < 1.29 is 9.59 Å². The SMILES string of the molecule is O=C(CNC(=O)c1ccccc1Cl)Nc1ccc(-c2cn3ccsc3n2)cc1. The van der Waals surface area contributed by atoms with Crippen molar-refractivity contribution in [2.45, 2.75) is 0 Å².